The van der Waals surface area contributed by atoms with Crippen LogP contribution < -0.4 is 11.3 Å². The van der Waals surface area contributed by atoms with Gasteiger partial charge >= 0.3 is 0 Å². The average Bonchev–Trinajstić information content (AvgIpc) is 3.25. The van der Waals surface area contributed by atoms with E-state index in [1.807, 2.05) is 31.7 Å². The number of halogens is 1. The van der Waals surface area contributed by atoms with Crippen LogP contribution in [0.15, 0.2) is 64.3 Å². The van der Waals surface area contributed by atoms with Crippen LogP contribution in [-0.2, 0) is 18.4 Å². The Bertz CT molecular complexity index is 1710. The van der Waals surface area contributed by atoms with Gasteiger partial charge in [-0.1, -0.05) is 19.9 Å². The molecule has 10 heteroatoms. The minimum atomic E-state index is -0.502. The van der Waals surface area contributed by atoms with E-state index in [-0.39, 0.29) is 35.8 Å². The summed E-state index contributed by atoms with van der Waals surface area (Å²) in [7, 11) is 1.86. The van der Waals surface area contributed by atoms with Crippen LogP contribution >= 0.6 is 0 Å². The van der Waals surface area contributed by atoms with E-state index in [9.17, 15) is 9.59 Å². The second-order valence-corrected chi connectivity index (χ2v) is 10.00. The van der Waals surface area contributed by atoms with Crippen molar-refractivity contribution in [3.63, 3.8) is 0 Å². The molecule has 40 heavy (non-hydrogen) atoms. The molecule has 0 bridgehead atoms. The molecule has 0 radical (unpaired) electrons. The molecule has 0 saturated carbocycles. The summed E-state index contributed by atoms with van der Waals surface area (Å²) in [6.07, 6.45) is 8.50. The van der Waals surface area contributed by atoms with Crippen LogP contribution in [-0.4, -0.2) is 49.1 Å². The van der Waals surface area contributed by atoms with Crippen molar-refractivity contribution in [2.45, 2.75) is 39.7 Å². The van der Waals surface area contributed by atoms with Crippen molar-refractivity contribution in [1.29, 1.82) is 0 Å². The first-order valence-corrected chi connectivity index (χ1v) is 13.4. The minimum absolute atomic E-state index is 0.145. The molecule has 4 aromatic rings. The van der Waals surface area contributed by atoms with Crippen LogP contribution in [0.5, 0.6) is 0 Å². The molecule has 3 heterocycles. The molecule has 0 saturated heterocycles. The van der Waals surface area contributed by atoms with Gasteiger partial charge in [0.2, 0.25) is 5.91 Å². The van der Waals surface area contributed by atoms with Gasteiger partial charge in [0.1, 0.15) is 24.0 Å². The van der Waals surface area contributed by atoms with E-state index in [0.717, 1.165) is 12.8 Å². The fourth-order valence-corrected chi connectivity index (χ4v) is 4.98. The summed E-state index contributed by atoms with van der Waals surface area (Å²) in [6.45, 7) is 5.54. The number of imidazole rings is 1. The van der Waals surface area contributed by atoms with E-state index in [4.69, 9.17) is 5.73 Å². The lowest BCUT2D eigenvalue weighted by Crippen LogP contribution is -2.34. The van der Waals surface area contributed by atoms with Crippen LogP contribution in [0.25, 0.3) is 28.0 Å². The lowest BCUT2D eigenvalue weighted by Gasteiger charge is -2.22. The first-order chi connectivity index (χ1) is 19.3. The third-order valence-electron chi connectivity index (χ3n) is 7.01. The summed E-state index contributed by atoms with van der Waals surface area (Å²) in [6, 6.07) is 8.47. The van der Waals surface area contributed by atoms with Gasteiger partial charge in [-0.25, -0.2) is 19.0 Å². The maximum absolute atomic E-state index is 15.5. The van der Waals surface area contributed by atoms with Crippen LogP contribution in [0.1, 0.15) is 44.5 Å². The molecule has 1 aliphatic rings. The lowest BCUT2D eigenvalue weighted by atomic mass is 9.98. The van der Waals surface area contributed by atoms with Gasteiger partial charge in [0.25, 0.3) is 5.56 Å². The monoisotopic (exact) mass is 541 g/mol. The molecule has 2 aromatic heterocycles. The molecule has 5 rings (SSSR count). The molecule has 1 amide bonds. The van der Waals surface area contributed by atoms with Gasteiger partial charge in [-0.2, -0.15) is 5.10 Å². The number of amidine groups is 1. The lowest BCUT2D eigenvalue weighted by molar-refractivity contribution is -0.127. The molecular formula is C30H32FN7O2. The zero-order valence-electron chi connectivity index (χ0n) is 22.9. The summed E-state index contributed by atoms with van der Waals surface area (Å²) >= 11 is 0. The van der Waals surface area contributed by atoms with Crippen LogP contribution in [0.2, 0.25) is 0 Å². The van der Waals surface area contributed by atoms with Crippen molar-refractivity contribution in [2.24, 2.45) is 17.8 Å². The largest absolute Gasteiger partial charge is 0.387 e. The molecule has 0 atom stereocenters. The number of fused-ring (bicyclic) bond motifs is 2. The quantitative estimate of drug-likeness (QED) is 0.355. The Morgan fingerprint density at radius 3 is 2.60 bits per heavy atom. The maximum atomic E-state index is 15.5. The van der Waals surface area contributed by atoms with Crippen molar-refractivity contribution >= 4 is 34.3 Å². The Morgan fingerprint density at radius 1 is 1.12 bits per heavy atom. The van der Waals surface area contributed by atoms with Gasteiger partial charge < -0.3 is 15.2 Å². The molecule has 0 aliphatic carbocycles. The van der Waals surface area contributed by atoms with Crippen LogP contribution in [0.4, 0.5) is 10.1 Å². The number of benzene rings is 2. The molecular weight excluding hydrogens is 509 g/mol. The van der Waals surface area contributed by atoms with E-state index >= 15 is 4.39 Å². The summed E-state index contributed by atoms with van der Waals surface area (Å²) in [4.78, 5) is 36.8. The Labute approximate surface area is 231 Å². The van der Waals surface area contributed by atoms with Crippen molar-refractivity contribution in [3.8, 4) is 11.1 Å². The minimum Gasteiger partial charge on any atom is -0.387 e. The highest BCUT2D eigenvalue weighted by Gasteiger charge is 2.23. The zero-order chi connectivity index (χ0) is 28.4. The van der Waals surface area contributed by atoms with Gasteiger partial charge in [0, 0.05) is 55.5 Å². The molecule has 1 aliphatic heterocycles. The van der Waals surface area contributed by atoms with Crippen LogP contribution in [0, 0.1) is 5.82 Å². The van der Waals surface area contributed by atoms with Gasteiger partial charge in [-0.15, -0.1) is 0 Å². The number of aromatic nitrogens is 4. The van der Waals surface area contributed by atoms with Crippen LogP contribution in [0.3, 0.4) is 0 Å². The normalized spacial score (nSPS) is 13.0. The van der Waals surface area contributed by atoms with Gasteiger partial charge in [-0.05, 0) is 54.3 Å². The second kappa shape index (κ2) is 11.3. The number of nitrogens with two attached hydrogens (primary N) is 1. The standard InChI is InChI=1S/C30H32FN7O2/c1-4-9-37(10-5-2)29(39)21-13-24-25(31)14-20(15-26(24)35-27(32)16-21)19-6-7-23-22(12-19)17-34-38(30(23)40)18-28-33-8-11-36(28)3/h6-8,11-15,17H,4-5,9-10,16,18H2,1-3H3,(H2,32,35). The number of hydrogen-bond acceptors (Lipinski definition) is 6. The Hall–Kier alpha value is -4.60. The van der Waals surface area contributed by atoms with E-state index in [2.05, 4.69) is 15.1 Å². The third kappa shape index (κ3) is 5.29. The van der Waals surface area contributed by atoms with Gasteiger partial charge in [-0.3, -0.25) is 9.59 Å². The Kier molecular flexibility index (Phi) is 7.59. The predicted molar refractivity (Wildman–Crippen MR) is 155 cm³/mol. The third-order valence-corrected chi connectivity index (χ3v) is 7.01. The highest BCUT2D eigenvalue weighted by molar-refractivity contribution is 6.05. The van der Waals surface area contributed by atoms with E-state index < -0.39 is 5.82 Å². The van der Waals surface area contributed by atoms with E-state index in [1.54, 1.807) is 47.6 Å². The Morgan fingerprint density at radius 2 is 1.90 bits per heavy atom. The maximum Gasteiger partial charge on any atom is 0.275 e. The first kappa shape index (κ1) is 27.0. The molecule has 0 fully saturated rings. The molecule has 9 nitrogen and oxygen atoms in total. The number of rotatable bonds is 8. The fraction of sp³-hybridized carbons (Fsp3) is 0.300. The predicted octanol–water partition coefficient (Wildman–Crippen LogP) is 4.41. The summed E-state index contributed by atoms with van der Waals surface area (Å²) in [5, 5.41) is 5.46. The number of carbonyl (C=O) groups excluding carboxylic acids is 1. The number of aliphatic imine (C=N–C) groups is 1. The average molecular weight is 542 g/mol. The number of amides is 1. The molecule has 2 N–H and O–H groups in total. The summed E-state index contributed by atoms with van der Waals surface area (Å²) < 4.78 is 18.8. The van der Waals surface area contributed by atoms with Crippen molar-refractivity contribution < 1.29 is 9.18 Å². The van der Waals surface area contributed by atoms with Gasteiger partial charge in [0.15, 0.2) is 0 Å². The molecule has 206 valence electrons. The fourth-order valence-electron chi connectivity index (χ4n) is 4.98. The number of hydrogen-bond donors (Lipinski definition) is 1. The van der Waals surface area contributed by atoms with E-state index in [0.29, 0.717) is 52.1 Å². The summed E-state index contributed by atoms with van der Waals surface area (Å²) in [5.41, 5.74) is 8.25. The highest BCUT2D eigenvalue weighted by Crippen LogP contribution is 2.35. The molecule has 2 aromatic carbocycles. The molecule has 0 unspecified atom stereocenters. The Balaban J connectivity index is 1.50. The number of nitrogens with zero attached hydrogens (tertiary/aromatic N) is 6. The number of aryl methyl sites for hydroxylation is 1. The number of carbonyl (C=O) groups is 1. The summed E-state index contributed by atoms with van der Waals surface area (Å²) in [5.74, 6) is 0.318. The highest BCUT2D eigenvalue weighted by atomic mass is 19.1. The SMILES string of the molecule is CCCN(CCC)C(=O)C1=Cc2c(F)cc(-c3ccc4c(=O)n(Cc5nccn5C)ncc4c3)cc2N=C(N)C1. The first-order valence-electron chi connectivity index (χ1n) is 13.4. The van der Waals surface area contributed by atoms with E-state index in [1.165, 1.54) is 10.7 Å². The topological polar surface area (TPSA) is 111 Å². The van der Waals surface area contributed by atoms with Crippen molar-refractivity contribution in [3.05, 3.63) is 82.1 Å². The molecule has 0 spiro atoms. The zero-order valence-corrected chi connectivity index (χ0v) is 22.9. The van der Waals surface area contributed by atoms with Crippen molar-refractivity contribution in [2.75, 3.05) is 13.1 Å². The van der Waals surface area contributed by atoms with Gasteiger partial charge in [0.05, 0.1) is 17.3 Å². The van der Waals surface area contributed by atoms with Crippen molar-refractivity contribution in [1.82, 2.24) is 24.2 Å². The smallest absolute Gasteiger partial charge is 0.275 e. The second-order valence-electron chi connectivity index (χ2n) is 10.00.